The summed E-state index contributed by atoms with van der Waals surface area (Å²) in [5.41, 5.74) is 6.46. The number of rotatable bonds is 9. The number of benzene rings is 1. The minimum absolute atomic E-state index is 0.214. The molecule has 0 spiro atoms. The maximum Gasteiger partial charge on any atom is 0.226 e. The fourth-order valence-corrected chi connectivity index (χ4v) is 2.11. The smallest absolute Gasteiger partial charge is 0.226 e. The first kappa shape index (κ1) is 18.0. The van der Waals surface area contributed by atoms with Crippen LogP contribution in [0.3, 0.4) is 0 Å². The fraction of sp³-hybridized carbons (Fsp3) is 0.500. The van der Waals surface area contributed by atoms with E-state index in [-0.39, 0.29) is 12.3 Å². The van der Waals surface area contributed by atoms with E-state index < -0.39 is 0 Å². The summed E-state index contributed by atoms with van der Waals surface area (Å²) in [4.78, 5) is 11.8. The van der Waals surface area contributed by atoms with Crippen LogP contribution >= 0.6 is 23.2 Å². The molecular formula is C14H20Cl2N2O3. The van der Waals surface area contributed by atoms with Gasteiger partial charge in [0, 0.05) is 11.6 Å². The second-order valence-corrected chi connectivity index (χ2v) is 5.22. The number of anilines is 2. The highest BCUT2D eigenvalue weighted by Gasteiger charge is 2.10. The summed E-state index contributed by atoms with van der Waals surface area (Å²) in [6, 6.07) is 3.06. The molecule has 0 saturated carbocycles. The monoisotopic (exact) mass is 334 g/mol. The van der Waals surface area contributed by atoms with Gasteiger partial charge in [0.1, 0.15) is 0 Å². The molecule has 0 aliphatic rings. The van der Waals surface area contributed by atoms with Crippen molar-refractivity contribution in [1.82, 2.24) is 0 Å². The van der Waals surface area contributed by atoms with Crippen molar-refractivity contribution in [3.05, 3.63) is 22.2 Å². The van der Waals surface area contributed by atoms with Gasteiger partial charge in [-0.1, -0.05) is 30.1 Å². The molecule has 1 rings (SSSR count). The van der Waals surface area contributed by atoms with Crippen molar-refractivity contribution in [2.24, 2.45) is 0 Å². The highest BCUT2D eigenvalue weighted by atomic mass is 35.5. The normalized spacial score (nSPS) is 10.6. The third kappa shape index (κ3) is 7.00. The first-order chi connectivity index (χ1) is 10.0. The van der Waals surface area contributed by atoms with Crippen LogP contribution in [-0.4, -0.2) is 32.3 Å². The van der Waals surface area contributed by atoms with Gasteiger partial charge in [-0.3, -0.25) is 4.79 Å². The Morgan fingerprint density at radius 1 is 1.19 bits per heavy atom. The van der Waals surface area contributed by atoms with Crippen LogP contribution in [0.25, 0.3) is 0 Å². The first-order valence-electron chi connectivity index (χ1n) is 6.74. The number of nitrogens with one attached hydrogen (secondary N) is 1. The SMILES string of the molecule is CCCOCCOCCC(=O)Nc1c(N)cc(Cl)cc1Cl. The molecule has 0 radical (unpaired) electrons. The average molecular weight is 335 g/mol. The van der Waals surface area contributed by atoms with Crippen LogP contribution in [0.2, 0.25) is 10.0 Å². The first-order valence-corrected chi connectivity index (χ1v) is 7.50. The van der Waals surface area contributed by atoms with E-state index in [4.69, 9.17) is 38.4 Å². The van der Waals surface area contributed by atoms with Crippen LogP contribution in [0.4, 0.5) is 11.4 Å². The van der Waals surface area contributed by atoms with Gasteiger partial charge in [-0.2, -0.15) is 0 Å². The van der Waals surface area contributed by atoms with Gasteiger partial charge in [-0.25, -0.2) is 0 Å². The van der Waals surface area contributed by atoms with Crippen molar-refractivity contribution < 1.29 is 14.3 Å². The van der Waals surface area contributed by atoms with Crippen molar-refractivity contribution in [2.45, 2.75) is 19.8 Å². The Labute approximate surface area is 134 Å². The van der Waals surface area contributed by atoms with Gasteiger partial charge in [-0.05, 0) is 18.6 Å². The van der Waals surface area contributed by atoms with Gasteiger partial charge >= 0.3 is 0 Å². The zero-order chi connectivity index (χ0) is 15.7. The standard InChI is InChI=1S/C14H20Cl2N2O3/c1-2-4-20-6-7-21-5-3-13(19)18-14-11(16)8-10(15)9-12(14)17/h8-9H,2-7,17H2,1H3,(H,18,19). The van der Waals surface area contributed by atoms with Crippen molar-refractivity contribution in [3.63, 3.8) is 0 Å². The molecule has 21 heavy (non-hydrogen) atoms. The quantitative estimate of drug-likeness (QED) is 0.536. The highest BCUT2D eigenvalue weighted by Crippen LogP contribution is 2.32. The summed E-state index contributed by atoms with van der Waals surface area (Å²) in [6.07, 6.45) is 1.19. The largest absolute Gasteiger partial charge is 0.397 e. The third-order valence-corrected chi connectivity index (χ3v) is 3.06. The molecule has 1 amide bonds. The number of ether oxygens (including phenoxy) is 2. The molecule has 0 saturated heterocycles. The second-order valence-electron chi connectivity index (χ2n) is 4.37. The van der Waals surface area contributed by atoms with Gasteiger partial charge in [0.05, 0.1) is 42.6 Å². The minimum atomic E-state index is -0.222. The number of halogens is 2. The molecule has 5 nitrogen and oxygen atoms in total. The minimum Gasteiger partial charge on any atom is -0.397 e. The van der Waals surface area contributed by atoms with Crippen LogP contribution in [0, 0.1) is 0 Å². The number of amides is 1. The summed E-state index contributed by atoms with van der Waals surface area (Å²) in [6.45, 7) is 4.08. The highest BCUT2D eigenvalue weighted by molar-refractivity contribution is 6.37. The van der Waals surface area contributed by atoms with Gasteiger partial charge in [0.2, 0.25) is 5.91 Å². The third-order valence-electron chi connectivity index (χ3n) is 2.54. The number of nitrogens with two attached hydrogens (primary N) is 1. The van der Waals surface area contributed by atoms with E-state index in [1.165, 1.54) is 12.1 Å². The number of hydrogen-bond donors (Lipinski definition) is 2. The molecular weight excluding hydrogens is 315 g/mol. The summed E-state index contributed by atoms with van der Waals surface area (Å²) >= 11 is 11.8. The lowest BCUT2D eigenvalue weighted by Crippen LogP contribution is -2.16. The molecule has 0 heterocycles. The van der Waals surface area contributed by atoms with E-state index in [0.29, 0.717) is 41.2 Å². The molecule has 3 N–H and O–H groups in total. The topological polar surface area (TPSA) is 73.6 Å². The number of nitrogen functional groups attached to an aromatic ring is 1. The van der Waals surface area contributed by atoms with Crippen LogP contribution in [0.1, 0.15) is 19.8 Å². The predicted molar refractivity (Wildman–Crippen MR) is 86.1 cm³/mol. The Bertz CT molecular complexity index is 447. The molecule has 0 atom stereocenters. The molecule has 118 valence electrons. The molecule has 0 aromatic heterocycles. The molecule has 7 heteroatoms. The van der Waals surface area contributed by atoms with E-state index in [2.05, 4.69) is 5.32 Å². The molecule has 1 aromatic rings. The Morgan fingerprint density at radius 3 is 2.48 bits per heavy atom. The van der Waals surface area contributed by atoms with Crippen LogP contribution in [0.15, 0.2) is 12.1 Å². The lowest BCUT2D eigenvalue weighted by atomic mass is 10.2. The van der Waals surface area contributed by atoms with Gasteiger partial charge < -0.3 is 20.5 Å². The second kappa shape index (κ2) is 9.84. The van der Waals surface area contributed by atoms with E-state index in [1.54, 1.807) is 0 Å². The van der Waals surface area contributed by atoms with Gasteiger partial charge in [-0.15, -0.1) is 0 Å². The van der Waals surface area contributed by atoms with Gasteiger partial charge in [0.15, 0.2) is 0 Å². The maximum absolute atomic E-state index is 11.8. The van der Waals surface area contributed by atoms with E-state index in [1.807, 2.05) is 6.92 Å². The molecule has 0 unspecified atom stereocenters. The molecule has 0 fully saturated rings. The zero-order valence-corrected chi connectivity index (χ0v) is 13.5. The van der Waals surface area contributed by atoms with E-state index in [0.717, 1.165) is 13.0 Å². The van der Waals surface area contributed by atoms with Crippen molar-refractivity contribution in [3.8, 4) is 0 Å². The van der Waals surface area contributed by atoms with E-state index >= 15 is 0 Å². The summed E-state index contributed by atoms with van der Waals surface area (Å²) < 4.78 is 10.6. The summed E-state index contributed by atoms with van der Waals surface area (Å²) in [7, 11) is 0. The number of carbonyl (C=O) groups is 1. The van der Waals surface area contributed by atoms with Gasteiger partial charge in [0.25, 0.3) is 0 Å². The van der Waals surface area contributed by atoms with Crippen LogP contribution in [0.5, 0.6) is 0 Å². The fourth-order valence-electron chi connectivity index (χ4n) is 1.56. The molecule has 0 aliphatic heterocycles. The summed E-state index contributed by atoms with van der Waals surface area (Å²) in [5.74, 6) is -0.222. The summed E-state index contributed by atoms with van der Waals surface area (Å²) in [5, 5.41) is 3.38. The molecule has 0 aliphatic carbocycles. The Morgan fingerprint density at radius 2 is 1.86 bits per heavy atom. The molecule has 1 aromatic carbocycles. The zero-order valence-electron chi connectivity index (χ0n) is 12.0. The Hall–Kier alpha value is -1.01. The maximum atomic E-state index is 11.8. The Balaban J connectivity index is 2.28. The van der Waals surface area contributed by atoms with E-state index in [9.17, 15) is 4.79 Å². The van der Waals surface area contributed by atoms with Crippen molar-refractivity contribution in [1.29, 1.82) is 0 Å². The lowest BCUT2D eigenvalue weighted by molar-refractivity contribution is -0.117. The van der Waals surface area contributed by atoms with Crippen molar-refractivity contribution >= 4 is 40.5 Å². The number of carbonyl (C=O) groups excluding carboxylic acids is 1. The van der Waals surface area contributed by atoms with Crippen molar-refractivity contribution in [2.75, 3.05) is 37.5 Å². The number of hydrogen-bond acceptors (Lipinski definition) is 4. The van der Waals surface area contributed by atoms with Crippen LogP contribution in [-0.2, 0) is 14.3 Å². The average Bonchev–Trinajstić information content (AvgIpc) is 2.42. The molecule has 0 bridgehead atoms. The lowest BCUT2D eigenvalue weighted by Gasteiger charge is -2.11. The Kier molecular flexibility index (Phi) is 8.45. The predicted octanol–water partition coefficient (Wildman–Crippen LogP) is 3.35. The van der Waals surface area contributed by atoms with Crippen LogP contribution < -0.4 is 11.1 Å².